The van der Waals surface area contributed by atoms with Crippen molar-refractivity contribution in [1.82, 2.24) is 9.78 Å². The number of hydrogen-bond acceptors (Lipinski definition) is 7. The van der Waals surface area contributed by atoms with Gasteiger partial charge in [-0.25, -0.2) is 8.42 Å². The van der Waals surface area contributed by atoms with Crippen LogP contribution in [0.4, 0.5) is 18.9 Å². The van der Waals surface area contributed by atoms with Gasteiger partial charge in [0.1, 0.15) is 16.7 Å². The highest BCUT2D eigenvalue weighted by atomic mass is 35.5. The summed E-state index contributed by atoms with van der Waals surface area (Å²) in [6, 6.07) is 3.84. The third-order valence-electron chi connectivity index (χ3n) is 5.79. The lowest BCUT2D eigenvalue weighted by atomic mass is 10.1. The number of fused-ring (bicyclic) bond motifs is 1. The number of aliphatic carboxylic acids is 1. The molecule has 1 atom stereocenters. The topological polar surface area (TPSA) is 128 Å². The number of carboxylic acids is 1. The van der Waals surface area contributed by atoms with Gasteiger partial charge in [0.25, 0.3) is 10.0 Å². The highest BCUT2D eigenvalue weighted by molar-refractivity contribution is 7.93. The molecule has 0 unspecified atom stereocenters. The Kier molecular flexibility index (Phi) is 8.27. The van der Waals surface area contributed by atoms with Crippen LogP contribution in [0.15, 0.2) is 29.3 Å². The zero-order chi connectivity index (χ0) is 28.6. The van der Waals surface area contributed by atoms with Crippen molar-refractivity contribution in [3.05, 3.63) is 35.1 Å². The Labute approximate surface area is 222 Å². The molecule has 1 N–H and O–H groups in total. The Morgan fingerprint density at radius 3 is 2.50 bits per heavy atom. The van der Waals surface area contributed by atoms with E-state index in [1.807, 2.05) is 0 Å². The van der Waals surface area contributed by atoms with Crippen molar-refractivity contribution in [3.8, 4) is 5.75 Å². The van der Waals surface area contributed by atoms with Gasteiger partial charge in [-0.2, -0.15) is 18.3 Å². The monoisotopic (exact) mass is 581 g/mol. The average molecular weight is 582 g/mol. The summed E-state index contributed by atoms with van der Waals surface area (Å²) in [5.74, 6) is -2.18. The predicted octanol–water partition coefficient (Wildman–Crippen LogP) is 4.37. The van der Waals surface area contributed by atoms with E-state index in [1.165, 1.54) is 29.1 Å². The maximum absolute atomic E-state index is 13.7. The van der Waals surface area contributed by atoms with Crippen molar-refractivity contribution in [2.45, 2.75) is 75.8 Å². The standard InChI is InChI=1S/C23H27ClF3N3O7S/c1-13(2)29-12-18(21(24)28-29)38(34,35)30-11-15(6-8-19(31)32)36-17-7-5-14(9-16(17)30)10-20(33)37-22(3,4)23(25,26)27/h5,7,9,12-13,15H,6,8,10-11H2,1-4H3,(H,31,32)/t15-/m0/s1. The van der Waals surface area contributed by atoms with Gasteiger partial charge in [0, 0.05) is 18.7 Å². The molecule has 1 aliphatic heterocycles. The third kappa shape index (κ3) is 6.34. The summed E-state index contributed by atoms with van der Waals surface area (Å²) in [6.07, 6.45) is -5.20. The molecular formula is C23H27ClF3N3O7S. The number of halogens is 4. The van der Waals surface area contributed by atoms with E-state index in [4.69, 9.17) is 21.4 Å². The van der Waals surface area contributed by atoms with Gasteiger partial charge in [-0.3, -0.25) is 18.6 Å². The number of carbonyl (C=O) groups excluding carboxylic acids is 1. The van der Waals surface area contributed by atoms with Crippen LogP contribution < -0.4 is 9.04 Å². The number of nitrogens with zero attached hydrogens (tertiary/aromatic N) is 3. The van der Waals surface area contributed by atoms with Crippen LogP contribution in [0.1, 0.15) is 52.1 Å². The van der Waals surface area contributed by atoms with E-state index in [0.717, 1.165) is 18.2 Å². The molecule has 2 heterocycles. The van der Waals surface area contributed by atoms with Gasteiger partial charge in [-0.15, -0.1) is 0 Å². The molecule has 0 saturated heterocycles. The molecule has 0 spiro atoms. The molecule has 1 aromatic carbocycles. The fraction of sp³-hybridized carbons (Fsp3) is 0.522. The number of rotatable bonds is 9. The van der Waals surface area contributed by atoms with E-state index >= 15 is 0 Å². The molecular weight excluding hydrogens is 555 g/mol. The molecule has 0 bridgehead atoms. The van der Waals surface area contributed by atoms with Gasteiger partial charge >= 0.3 is 18.1 Å². The van der Waals surface area contributed by atoms with E-state index in [2.05, 4.69) is 9.84 Å². The summed E-state index contributed by atoms with van der Waals surface area (Å²) < 4.78 is 79.6. The minimum absolute atomic E-state index is 0.000381. The van der Waals surface area contributed by atoms with Crippen LogP contribution in [-0.4, -0.2) is 59.7 Å². The third-order valence-corrected chi connectivity index (χ3v) is 7.96. The van der Waals surface area contributed by atoms with E-state index < -0.39 is 46.3 Å². The van der Waals surface area contributed by atoms with E-state index in [-0.39, 0.29) is 52.5 Å². The van der Waals surface area contributed by atoms with Crippen molar-refractivity contribution < 1.29 is 45.8 Å². The number of esters is 1. The van der Waals surface area contributed by atoms with E-state index in [1.54, 1.807) is 13.8 Å². The summed E-state index contributed by atoms with van der Waals surface area (Å²) in [4.78, 5) is 23.1. The van der Waals surface area contributed by atoms with Crippen LogP contribution in [0.3, 0.4) is 0 Å². The highest BCUT2D eigenvalue weighted by Crippen LogP contribution is 2.40. The number of hydrogen-bond donors (Lipinski definition) is 1. The Morgan fingerprint density at radius 1 is 1.29 bits per heavy atom. The van der Waals surface area contributed by atoms with Crippen LogP contribution in [0.2, 0.25) is 5.15 Å². The molecule has 10 nitrogen and oxygen atoms in total. The average Bonchev–Trinajstić information content (AvgIpc) is 3.18. The molecule has 2 aromatic rings. The molecule has 1 aromatic heterocycles. The van der Waals surface area contributed by atoms with Crippen LogP contribution in [-0.2, 0) is 30.8 Å². The normalized spacial score (nSPS) is 16.2. The minimum Gasteiger partial charge on any atom is -0.486 e. The zero-order valence-electron chi connectivity index (χ0n) is 21.0. The maximum atomic E-state index is 13.7. The van der Waals surface area contributed by atoms with Gasteiger partial charge in [0.2, 0.25) is 5.60 Å². The Balaban J connectivity index is 1.99. The molecule has 1 aliphatic rings. The lowest BCUT2D eigenvalue weighted by molar-refractivity contribution is -0.257. The van der Waals surface area contributed by atoms with Crippen molar-refractivity contribution in [3.63, 3.8) is 0 Å². The molecule has 0 fully saturated rings. The van der Waals surface area contributed by atoms with Gasteiger partial charge in [0.05, 0.1) is 18.7 Å². The van der Waals surface area contributed by atoms with Crippen molar-refractivity contribution in [2.24, 2.45) is 0 Å². The lowest BCUT2D eigenvalue weighted by Gasteiger charge is -2.35. The molecule has 0 aliphatic carbocycles. The summed E-state index contributed by atoms with van der Waals surface area (Å²) in [5, 5.41) is 12.8. The first-order valence-electron chi connectivity index (χ1n) is 11.5. The number of carboxylic acid groups (broad SMARTS) is 1. The number of carbonyl (C=O) groups is 2. The van der Waals surface area contributed by atoms with E-state index in [0.29, 0.717) is 0 Å². The molecule has 0 radical (unpaired) electrons. The van der Waals surface area contributed by atoms with Crippen LogP contribution in [0.25, 0.3) is 0 Å². The summed E-state index contributed by atoms with van der Waals surface area (Å²) in [6.45, 7) is 4.71. The number of aromatic nitrogens is 2. The molecule has 3 rings (SSSR count). The van der Waals surface area contributed by atoms with E-state index in [9.17, 15) is 31.2 Å². The predicted molar refractivity (Wildman–Crippen MR) is 130 cm³/mol. The smallest absolute Gasteiger partial charge is 0.427 e. The number of anilines is 1. The minimum atomic E-state index is -4.79. The maximum Gasteiger partial charge on any atom is 0.427 e. The second kappa shape index (κ2) is 10.6. The van der Waals surface area contributed by atoms with Crippen LogP contribution >= 0.6 is 11.6 Å². The van der Waals surface area contributed by atoms with Gasteiger partial charge in [0.15, 0.2) is 5.15 Å². The first-order chi connectivity index (χ1) is 17.4. The number of alkyl halides is 3. The highest BCUT2D eigenvalue weighted by Gasteiger charge is 2.50. The quantitative estimate of drug-likeness (QED) is 0.433. The lowest BCUT2D eigenvalue weighted by Crippen LogP contribution is -2.44. The summed E-state index contributed by atoms with van der Waals surface area (Å²) in [5.41, 5.74) is -2.55. The summed E-state index contributed by atoms with van der Waals surface area (Å²) >= 11 is 6.16. The molecule has 38 heavy (non-hydrogen) atoms. The largest absolute Gasteiger partial charge is 0.486 e. The number of benzene rings is 1. The van der Waals surface area contributed by atoms with Crippen LogP contribution in [0, 0.1) is 0 Å². The van der Waals surface area contributed by atoms with Gasteiger partial charge in [-0.05, 0) is 51.8 Å². The Hall–Kier alpha value is -3.00. The molecule has 210 valence electrons. The number of sulfonamides is 1. The zero-order valence-corrected chi connectivity index (χ0v) is 22.5. The second-order valence-corrected chi connectivity index (χ2v) is 11.7. The first-order valence-corrected chi connectivity index (χ1v) is 13.3. The fourth-order valence-electron chi connectivity index (χ4n) is 3.58. The molecule has 0 saturated carbocycles. The number of ether oxygens (including phenoxy) is 2. The second-order valence-electron chi connectivity index (χ2n) is 9.53. The first kappa shape index (κ1) is 29.6. The van der Waals surface area contributed by atoms with Crippen molar-refractivity contribution in [1.29, 1.82) is 0 Å². The van der Waals surface area contributed by atoms with Crippen LogP contribution in [0.5, 0.6) is 5.75 Å². The van der Waals surface area contributed by atoms with Gasteiger partial charge < -0.3 is 14.6 Å². The molecule has 15 heteroatoms. The van der Waals surface area contributed by atoms with Crippen molar-refractivity contribution >= 4 is 39.3 Å². The van der Waals surface area contributed by atoms with Crippen molar-refractivity contribution in [2.75, 3.05) is 10.8 Å². The SMILES string of the molecule is CC(C)n1cc(S(=O)(=O)N2C[C@H](CCC(=O)O)Oc3ccc(CC(=O)OC(C)(C)C(F)(F)F)cc32)c(Cl)n1. The Bertz CT molecular complexity index is 1330. The Morgan fingerprint density at radius 2 is 1.95 bits per heavy atom. The van der Waals surface area contributed by atoms with Gasteiger partial charge in [-0.1, -0.05) is 17.7 Å². The summed E-state index contributed by atoms with van der Waals surface area (Å²) in [7, 11) is -4.36. The molecule has 0 amide bonds. The fourth-order valence-corrected chi connectivity index (χ4v) is 5.51.